The van der Waals surface area contributed by atoms with E-state index < -0.39 is 11.8 Å². The molecule has 1 aromatic heterocycles. The summed E-state index contributed by atoms with van der Waals surface area (Å²) in [4.78, 5) is 35.6. The maximum atomic E-state index is 12.0. The largest absolute Gasteiger partial charge is 0.348 e. The predicted molar refractivity (Wildman–Crippen MR) is 102 cm³/mol. The van der Waals surface area contributed by atoms with Crippen LogP contribution in [0.15, 0.2) is 59.4 Å². The average Bonchev–Trinajstić information content (AvgIpc) is 2.71. The first-order chi connectivity index (χ1) is 13.1. The Hall–Kier alpha value is -3.48. The molecule has 2 amide bonds. The van der Waals surface area contributed by atoms with E-state index in [0.29, 0.717) is 23.0 Å². The van der Waals surface area contributed by atoms with Crippen molar-refractivity contribution in [1.29, 1.82) is 0 Å². The van der Waals surface area contributed by atoms with Crippen LogP contribution >= 0.6 is 0 Å². The molecule has 3 aromatic rings. The Morgan fingerprint density at radius 1 is 0.889 bits per heavy atom. The number of carbonyl (C=O) groups is 2. The van der Waals surface area contributed by atoms with Crippen LogP contribution in [0.25, 0.3) is 10.8 Å². The molecule has 0 saturated heterocycles. The predicted octanol–water partition coefficient (Wildman–Crippen LogP) is 1.29. The minimum absolute atomic E-state index is 0.0492. The van der Waals surface area contributed by atoms with Gasteiger partial charge in [0, 0.05) is 11.9 Å². The van der Waals surface area contributed by atoms with Crippen molar-refractivity contribution in [1.82, 2.24) is 20.8 Å². The molecule has 1 heterocycles. The lowest BCUT2D eigenvalue weighted by atomic mass is 10.1. The van der Waals surface area contributed by atoms with Crippen LogP contribution in [0.1, 0.15) is 17.7 Å². The Kier molecular flexibility index (Phi) is 5.94. The number of rotatable bonds is 6. The number of aromatic amines is 1. The van der Waals surface area contributed by atoms with Gasteiger partial charge >= 0.3 is 11.8 Å². The van der Waals surface area contributed by atoms with Crippen molar-refractivity contribution in [3.8, 4) is 0 Å². The highest BCUT2D eigenvalue weighted by Gasteiger charge is 2.14. The first kappa shape index (κ1) is 18.3. The maximum Gasteiger partial charge on any atom is 0.309 e. The number of nitrogens with zero attached hydrogens (tertiary/aromatic N) is 1. The van der Waals surface area contributed by atoms with E-state index in [1.807, 2.05) is 30.3 Å². The lowest BCUT2D eigenvalue weighted by Crippen LogP contribution is -2.40. The minimum Gasteiger partial charge on any atom is -0.348 e. The minimum atomic E-state index is -0.730. The molecule has 27 heavy (non-hydrogen) atoms. The normalized spacial score (nSPS) is 10.5. The molecule has 0 radical (unpaired) electrons. The van der Waals surface area contributed by atoms with Crippen LogP contribution in [0.2, 0.25) is 0 Å². The van der Waals surface area contributed by atoms with E-state index in [-0.39, 0.29) is 12.1 Å². The van der Waals surface area contributed by atoms with Crippen LogP contribution in [0.4, 0.5) is 0 Å². The van der Waals surface area contributed by atoms with E-state index >= 15 is 0 Å². The molecule has 0 aliphatic rings. The molecule has 3 N–H and O–H groups in total. The van der Waals surface area contributed by atoms with Gasteiger partial charge in [-0.1, -0.05) is 48.5 Å². The van der Waals surface area contributed by atoms with Gasteiger partial charge in [-0.3, -0.25) is 14.4 Å². The van der Waals surface area contributed by atoms with Crippen LogP contribution < -0.4 is 16.2 Å². The summed E-state index contributed by atoms with van der Waals surface area (Å²) in [5.74, 6) is -1.41. The van der Waals surface area contributed by atoms with E-state index in [1.165, 1.54) is 5.56 Å². The van der Waals surface area contributed by atoms with E-state index in [4.69, 9.17) is 0 Å². The third-order valence-corrected chi connectivity index (χ3v) is 4.17. The van der Waals surface area contributed by atoms with Crippen molar-refractivity contribution in [2.24, 2.45) is 0 Å². The summed E-state index contributed by atoms with van der Waals surface area (Å²) in [5, 5.41) is 12.6. The van der Waals surface area contributed by atoms with Crippen LogP contribution in [-0.2, 0) is 22.6 Å². The Balaban J connectivity index is 1.48. The van der Waals surface area contributed by atoms with Crippen LogP contribution in [0.3, 0.4) is 0 Å². The van der Waals surface area contributed by atoms with Crippen LogP contribution in [-0.4, -0.2) is 28.6 Å². The second kappa shape index (κ2) is 8.75. The quantitative estimate of drug-likeness (QED) is 0.453. The summed E-state index contributed by atoms with van der Waals surface area (Å²) in [5.41, 5.74) is 1.39. The molecule has 0 atom stereocenters. The molecule has 7 heteroatoms. The molecule has 2 aromatic carbocycles. The summed E-state index contributed by atoms with van der Waals surface area (Å²) in [6.45, 7) is 0.467. The summed E-state index contributed by atoms with van der Waals surface area (Å²) in [6, 6.07) is 16.9. The number of hydrogen-bond acceptors (Lipinski definition) is 4. The van der Waals surface area contributed by atoms with E-state index in [1.54, 1.807) is 24.3 Å². The van der Waals surface area contributed by atoms with Crippen molar-refractivity contribution in [2.45, 2.75) is 19.4 Å². The number of benzene rings is 2. The first-order valence-electron chi connectivity index (χ1n) is 8.71. The molecule has 3 rings (SSSR count). The standard InChI is InChI=1S/C20H20N4O3/c25-18-16-11-5-4-10-15(16)17(23-24-18)13-22-20(27)19(26)21-12-6-9-14-7-2-1-3-8-14/h1-5,7-8,10-11H,6,9,12-13H2,(H,21,26)(H,22,27)(H,24,25). The van der Waals surface area contributed by atoms with Crippen molar-refractivity contribution in [2.75, 3.05) is 6.54 Å². The Morgan fingerprint density at radius 2 is 1.56 bits per heavy atom. The zero-order valence-corrected chi connectivity index (χ0v) is 14.7. The second-order valence-electron chi connectivity index (χ2n) is 6.07. The number of nitrogens with one attached hydrogen (secondary N) is 3. The van der Waals surface area contributed by atoms with E-state index in [2.05, 4.69) is 20.8 Å². The molecule has 0 fully saturated rings. The topological polar surface area (TPSA) is 104 Å². The number of aromatic nitrogens is 2. The summed E-state index contributed by atoms with van der Waals surface area (Å²) in [6.07, 6.45) is 1.57. The third-order valence-electron chi connectivity index (χ3n) is 4.17. The molecule has 0 saturated carbocycles. The van der Waals surface area contributed by atoms with Crippen molar-refractivity contribution in [3.63, 3.8) is 0 Å². The van der Waals surface area contributed by atoms with Gasteiger partial charge in [-0.2, -0.15) is 5.10 Å². The number of aryl methyl sites for hydroxylation is 1. The number of hydrogen-bond donors (Lipinski definition) is 3. The zero-order valence-electron chi connectivity index (χ0n) is 14.7. The fourth-order valence-electron chi connectivity index (χ4n) is 2.77. The van der Waals surface area contributed by atoms with Gasteiger partial charge in [0.1, 0.15) is 0 Å². The van der Waals surface area contributed by atoms with Gasteiger partial charge < -0.3 is 10.6 Å². The molecule has 0 unspecified atom stereocenters. The number of carbonyl (C=O) groups excluding carboxylic acids is 2. The van der Waals surface area contributed by atoms with Gasteiger partial charge in [-0.25, -0.2) is 5.10 Å². The lowest BCUT2D eigenvalue weighted by Gasteiger charge is -2.08. The van der Waals surface area contributed by atoms with E-state index in [0.717, 1.165) is 12.8 Å². The average molecular weight is 364 g/mol. The van der Waals surface area contributed by atoms with Crippen LogP contribution in [0.5, 0.6) is 0 Å². The van der Waals surface area contributed by atoms with E-state index in [9.17, 15) is 14.4 Å². The second-order valence-corrected chi connectivity index (χ2v) is 6.07. The van der Waals surface area contributed by atoms with Gasteiger partial charge in [-0.05, 0) is 24.5 Å². The highest BCUT2D eigenvalue weighted by molar-refractivity contribution is 6.35. The molecule has 7 nitrogen and oxygen atoms in total. The van der Waals surface area contributed by atoms with Gasteiger partial charge in [0.15, 0.2) is 0 Å². The van der Waals surface area contributed by atoms with Gasteiger partial charge in [0.25, 0.3) is 5.56 Å². The van der Waals surface area contributed by atoms with Gasteiger partial charge in [0.2, 0.25) is 0 Å². The van der Waals surface area contributed by atoms with Crippen molar-refractivity contribution >= 4 is 22.6 Å². The number of amides is 2. The Bertz CT molecular complexity index is 999. The fourth-order valence-corrected chi connectivity index (χ4v) is 2.77. The summed E-state index contributed by atoms with van der Waals surface area (Å²) in [7, 11) is 0. The first-order valence-corrected chi connectivity index (χ1v) is 8.71. The number of H-pyrrole nitrogens is 1. The molecule has 0 bridgehead atoms. The molecule has 0 aliphatic heterocycles. The van der Waals surface area contributed by atoms with Gasteiger partial charge in [0.05, 0.1) is 17.6 Å². The lowest BCUT2D eigenvalue weighted by molar-refractivity contribution is -0.139. The third kappa shape index (κ3) is 4.78. The molecule has 0 aliphatic carbocycles. The molecular formula is C20H20N4O3. The van der Waals surface area contributed by atoms with Gasteiger partial charge in [-0.15, -0.1) is 0 Å². The summed E-state index contributed by atoms with van der Waals surface area (Å²) < 4.78 is 0. The maximum absolute atomic E-state index is 12.0. The molecular weight excluding hydrogens is 344 g/mol. The zero-order chi connectivity index (χ0) is 19.1. The summed E-state index contributed by atoms with van der Waals surface area (Å²) >= 11 is 0. The molecule has 138 valence electrons. The Morgan fingerprint density at radius 3 is 2.33 bits per heavy atom. The highest BCUT2D eigenvalue weighted by Crippen LogP contribution is 2.11. The van der Waals surface area contributed by atoms with Crippen molar-refractivity contribution in [3.05, 3.63) is 76.2 Å². The monoisotopic (exact) mass is 364 g/mol. The Labute approximate surface area is 155 Å². The van der Waals surface area contributed by atoms with Crippen molar-refractivity contribution < 1.29 is 9.59 Å². The SMILES string of the molecule is O=C(NCCCc1ccccc1)C(=O)NCc1n[nH]c(=O)c2ccccc12. The fraction of sp³-hybridized carbons (Fsp3) is 0.200. The van der Waals surface area contributed by atoms with Crippen LogP contribution in [0, 0.1) is 0 Å². The molecule has 0 spiro atoms. The number of fused-ring (bicyclic) bond motifs is 1. The smallest absolute Gasteiger partial charge is 0.309 e. The highest BCUT2D eigenvalue weighted by atomic mass is 16.2.